The van der Waals surface area contributed by atoms with Gasteiger partial charge in [0.25, 0.3) is 5.91 Å². The highest BCUT2D eigenvalue weighted by atomic mass is 16.5. The lowest BCUT2D eigenvalue weighted by Crippen LogP contribution is -2.47. The van der Waals surface area contributed by atoms with Gasteiger partial charge in [-0.25, -0.2) is 19.7 Å². The van der Waals surface area contributed by atoms with Gasteiger partial charge < -0.3 is 15.0 Å². The highest BCUT2D eigenvalue weighted by Crippen LogP contribution is 2.40. The molecule has 0 spiro atoms. The third kappa shape index (κ3) is 5.18. The Bertz CT molecular complexity index is 1600. The predicted octanol–water partition coefficient (Wildman–Crippen LogP) is 3.68. The number of nitrogens with one attached hydrogen (secondary N) is 1. The first kappa shape index (κ1) is 27.4. The van der Waals surface area contributed by atoms with Crippen LogP contribution < -0.4 is 24.8 Å². The van der Waals surface area contributed by atoms with Gasteiger partial charge in [-0.3, -0.25) is 19.5 Å². The van der Waals surface area contributed by atoms with Crippen molar-refractivity contribution in [3.63, 3.8) is 0 Å². The van der Waals surface area contributed by atoms with Crippen LogP contribution in [0.25, 0.3) is 10.9 Å². The van der Waals surface area contributed by atoms with Crippen molar-refractivity contribution in [2.24, 2.45) is 0 Å². The molecule has 11 heteroatoms. The van der Waals surface area contributed by atoms with Crippen LogP contribution >= 0.6 is 0 Å². The molecule has 216 valence electrons. The Morgan fingerprint density at radius 1 is 0.929 bits per heavy atom. The number of nitrogens with zero attached hydrogens (tertiary/aromatic N) is 7. The van der Waals surface area contributed by atoms with Crippen LogP contribution in [0.1, 0.15) is 28.5 Å². The van der Waals surface area contributed by atoms with E-state index in [-0.39, 0.29) is 11.9 Å². The number of rotatable bonds is 8. The maximum Gasteiger partial charge on any atom is 0.330 e. The Balaban J connectivity index is 1.23. The number of benzene rings is 2. The molecule has 6 rings (SSSR count). The van der Waals surface area contributed by atoms with E-state index in [1.165, 1.54) is 0 Å². The fourth-order valence-electron chi connectivity index (χ4n) is 5.67. The van der Waals surface area contributed by atoms with Crippen molar-refractivity contribution < 1.29 is 14.3 Å². The Hall–Kier alpha value is -4.77. The highest BCUT2D eigenvalue weighted by molar-refractivity contribution is 6.18. The second-order valence-electron chi connectivity index (χ2n) is 10.4. The third-order valence-electron chi connectivity index (χ3n) is 7.93. The molecule has 1 fully saturated rings. The molecule has 0 atom stereocenters. The number of anilines is 3. The van der Waals surface area contributed by atoms with E-state index in [9.17, 15) is 9.59 Å². The topological polar surface area (TPSA) is 107 Å². The van der Waals surface area contributed by atoms with Crippen LogP contribution in [0, 0.1) is 0 Å². The van der Waals surface area contributed by atoms with Crippen molar-refractivity contribution >= 4 is 40.0 Å². The predicted molar refractivity (Wildman–Crippen MR) is 162 cm³/mol. The molecule has 2 aliphatic rings. The lowest BCUT2D eigenvalue weighted by Gasteiger charge is -2.37. The van der Waals surface area contributed by atoms with E-state index < -0.39 is 0 Å². The summed E-state index contributed by atoms with van der Waals surface area (Å²) in [6, 6.07) is 15.7. The van der Waals surface area contributed by atoms with Crippen molar-refractivity contribution in [1.82, 2.24) is 25.2 Å². The van der Waals surface area contributed by atoms with Gasteiger partial charge in [-0.15, -0.1) is 0 Å². The van der Waals surface area contributed by atoms with Gasteiger partial charge in [0, 0.05) is 46.3 Å². The van der Waals surface area contributed by atoms with E-state index in [0.717, 1.165) is 71.9 Å². The summed E-state index contributed by atoms with van der Waals surface area (Å²) < 4.78 is 5.31. The maximum absolute atomic E-state index is 13.8. The first-order chi connectivity index (χ1) is 20.5. The number of piperazine rings is 1. The summed E-state index contributed by atoms with van der Waals surface area (Å²) in [4.78, 5) is 47.3. The zero-order valence-corrected chi connectivity index (χ0v) is 24.1. The van der Waals surface area contributed by atoms with E-state index >= 15 is 0 Å². The minimum atomic E-state index is -0.190. The molecule has 1 N–H and O–H groups in total. The van der Waals surface area contributed by atoms with Gasteiger partial charge in [-0.05, 0) is 54.4 Å². The molecule has 0 aliphatic carbocycles. The molecule has 2 aliphatic heterocycles. The number of ether oxygens (including phenoxy) is 1. The lowest BCUT2D eigenvalue weighted by molar-refractivity contribution is 0.0958. The van der Waals surface area contributed by atoms with Crippen molar-refractivity contribution in [1.29, 1.82) is 0 Å². The second kappa shape index (κ2) is 11.6. The molecule has 2 aromatic heterocycles. The Labute approximate surface area is 244 Å². The van der Waals surface area contributed by atoms with Gasteiger partial charge in [0.2, 0.25) is 0 Å². The van der Waals surface area contributed by atoms with Crippen LogP contribution in [0.3, 0.4) is 0 Å². The molecule has 0 radical (unpaired) electrons. The van der Waals surface area contributed by atoms with Gasteiger partial charge in [0.1, 0.15) is 23.6 Å². The van der Waals surface area contributed by atoms with Crippen LogP contribution in [0.15, 0.2) is 61.1 Å². The van der Waals surface area contributed by atoms with Gasteiger partial charge in [-0.1, -0.05) is 12.1 Å². The third-order valence-corrected chi connectivity index (χ3v) is 7.93. The Kier molecular flexibility index (Phi) is 7.58. The zero-order chi connectivity index (χ0) is 29.2. The van der Waals surface area contributed by atoms with Crippen LogP contribution in [-0.4, -0.2) is 78.7 Å². The summed E-state index contributed by atoms with van der Waals surface area (Å²) in [5.41, 5.74) is 5.20. The van der Waals surface area contributed by atoms with Crippen molar-refractivity contribution in [2.75, 3.05) is 61.6 Å². The molecular weight excluding hydrogens is 532 g/mol. The quantitative estimate of drug-likeness (QED) is 0.344. The lowest BCUT2D eigenvalue weighted by atomic mass is 10.0. The first-order valence-corrected chi connectivity index (χ1v) is 14.1. The van der Waals surface area contributed by atoms with Gasteiger partial charge in [0.15, 0.2) is 0 Å². The molecular formula is C31H34N8O3. The molecule has 0 saturated carbocycles. The standard InChI is InChI=1S/C31H34N8O3/c1-4-38-29-28-26(34-20-35-29)15-22(16-27(28)39(31(38)41)19-21-5-8-24(42-3)9-6-21)18-36-11-13-37(14-12-36)23-7-10-25(33-17-23)30(40)32-2/h5-10,15-17,20H,4,11-14,18-19H2,1-3H3,(H,32,40). The largest absolute Gasteiger partial charge is 0.497 e. The van der Waals surface area contributed by atoms with E-state index in [2.05, 4.69) is 42.2 Å². The molecule has 0 unspecified atom stereocenters. The summed E-state index contributed by atoms with van der Waals surface area (Å²) in [5, 5.41) is 3.50. The molecule has 42 heavy (non-hydrogen) atoms. The fourth-order valence-corrected chi connectivity index (χ4v) is 5.67. The molecule has 11 nitrogen and oxygen atoms in total. The average Bonchev–Trinajstić information content (AvgIpc) is 3.03. The summed E-state index contributed by atoms with van der Waals surface area (Å²) in [7, 11) is 3.24. The molecule has 4 heterocycles. The Morgan fingerprint density at radius 2 is 1.71 bits per heavy atom. The smallest absolute Gasteiger partial charge is 0.330 e. The van der Waals surface area contributed by atoms with Crippen LogP contribution in [-0.2, 0) is 13.1 Å². The van der Waals surface area contributed by atoms with Gasteiger partial charge in [-0.2, -0.15) is 0 Å². The van der Waals surface area contributed by atoms with Crippen molar-refractivity contribution in [2.45, 2.75) is 20.0 Å². The maximum atomic E-state index is 13.8. The molecule has 2 aromatic carbocycles. The molecule has 4 aromatic rings. The average molecular weight is 567 g/mol. The minimum absolute atomic E-state index is 0.0948. The first-order valence-electron chi connectivity index (χ1n) is 14.1. The summed E-state index contributed by atoms with van der Waals surface area (Å²) in [6.07, 6.45) is 3.31. The number of urea groups is 1. The SMILES string of the molecule is CCN1C(=O)N(Cc2ccc(OC)cc2)c2cc(CN3CCN(c4ccc(C(=O)NC)nc4)CC3)cc3ncnc1c23. The fraction of sp³-hybridized carbons (Fsp3) is 0.323. The summed E-state index contributed by atoms with van der Waals surface area (Å²) in [6.45, 7) is 7.09. The van der Waals surface area contributed by atoms with Crippen LogP contribution in [0.5, 0.6) is 5.75 Å². The number of carbonyl (C=O) groups excluding carboxylic acids is 2. The number of carbonyl (C=O) groups is 2. The van der Waals surface area contributed by atoms with Gasteiger partial charge >= 0.3 is 6.03 Å². The van der Waals surface area contributed by atoms with E-state index in [4.69, 9.17) is 4.74 Å². The molecule has 0 bridgehead atoms. The van der Waals surface area contributed by atoms with Crippen LogP contribution in [0.4, 0.5) is 22.0 Å². The van der Waals surface area contributed by atoms with Crippen molar-refractivity contribution in [3.05, 3.63) is 77.9 Å². The van der Waals surface area contributed by atoms with E-state index in [0.29, 0.717) is 24.6 Å². The summed E-state index contributed by atoms with van der Waals surface area (Å²) >= 11 is 0. The monoisotopic (exact) mass is 566 g/mol. The number of hydrogen-bond donors (Lipinski definition) is 1. The molecule has 1 saturated heterocycles. The van der Waals surface area contributed by atoms with E-state index in [1.54, 1.807) is 37.6 Å². The summed E-state index contributed by atoms with van der Waals surface area (Å²) in [5.74, 6) is 1.24. The number of methoxy groups -OCH3 is 1. The molecule has 3 amide bonds. The number of pyridine rings is 1. The Morgan fingerprint density at radius 3 is 2.38 bits per heavy atom. The van der Waals surface area contributed by atoms with Crippen molar-refractivity contribution in [3.8, 4) is 5.75 Å². The van der Waals surface area contributed by atoms with E-state index in [1.807, 2.05) is 42.2 Å². The second-order valence-corrected chi connectivity index (χ2v) is 10.4. The van der Waals surface area contributed by atoms with Gasteiger partial charge in [0.05, 0.1) is 42.1 Å². The zero-order valence-electron chi connectivity index (χ0n) is 24.1. The minimum Gasteiger partial charge on any atom is -0.497 e. The normalized spacial score (nSPS) is 15.3. The number of amides is 3. The highest BCUT2D eigenvalue weighted by Gasteiger charge is 2.33. The van der Waals surface area contributed by atoms with Crippen LogP contribution in [0.2, 0.25) is 0 Å². The number of hydrogen-bond acceptors (Lipinski definition) is 8. The number of aromatic nitrogens is 3.